The van der Waals surface area contributed by atoms with E-state index < -0.39 is 0 Å². The van der Waals surface area contributed by atoms with Crippen molar-refractivity contribution >= 4 is 0 Å². The second-order valence-electron chi connectivity index (χ2n) is 4.68. The van der Waals surface area contributed by atoms with Crippen molar-refractivity contribution in [3.05, 3.63) is 0 Å². The van der Waals surface area contributed by atoms with Gasteiger partial charge in [0, 0.05) is 6.61 Å². The molecule has 15 heavy (non-hydrogen) atoms. The molecule has 0 radical (unpaired) electrons. The van der Waals surface area contributed by atoms with Crippen molar-refractivity contribution in [2.75, 3.05) is 6.61 Å². The van der Waals surface area contributed by atoms with Crippen LogP contribution in [0.3, 0.4) is 0 Å². The Morgan fingerprint density at radius 1 is 1.07 bits per heavy atom. The summed E-state index contributed by atoms with van der Waals surface area (Å²) < 4.78 is 5.77. The molecule has 0 aromatic heterocycles. The van der Waals surface area contributed by atoms with E-state index in [0.29, 0.717) is 0 Å². The van der Waals surface area contributed by atoms with Gasteiger partial charge in [0.2, 0.25) is 0 Å². The van der Waals surface area contributed by atoms with Crippen LogP contribution in [-0.4, -0.2) is 23.9 Å². The molecule has 0 bridgehead atoms. The average Bonchev–Trinajstić information content (AvgIpc) is 2.44. The van der Waals surface area contributed by atoms with E-state index >= 15 is 0 Å². The van der Waals surface area contributed by atoms with Gasteiger partial charge in [0.1, 0.15) is 0 Å². The maximum absolute atomic E-state index is 9.83. The summed E-state index contributed by atoms with van der Waals surface area (Å²) in [4.78, 5) is 0. The minimum Gasteiger partial charge on any atom is -0.390 e. The predicted octanol–water partition coefficient (Wildman–Crippen LogP) is 3.28. The number of ether oxygens (including phenoxy) is 1. The topological polar surface area (TPSA) is 29.5 Å². The van der Waals surface area contributed by atoms with Gasteiger partial charge in [0.05, 0.1) is 12.2 Å². The summed E-state index contributed by atoms with van der Waals surface area (Å²) in [5, 5.41) is 9.83. The third-order valence-corrected chi connectivity index (χ3v) is 3.25. The van der Waals surface area contributed by atoms with Gasteiger partial charge in [0.25, 0.3) is 0 Å². The van der Waals surface area contributed by atoms with Gasteiger partial charge in [-0.25, -0.2) is 0 Å². The van der Waals surface area contributed by atoms with Crippen molar-refractivity contribution in [2.24, 2.45) is 0 Å². The Balaban J connectivity index is 2.07. The van der Waals surface area contributed by atoms with Crippen LogP contribution >= 0.6 is 0 Å². The van der Waals surface area contributed by atoms with Crippen LogP contribution in [0.4, 0.5) is 0 Å². The zero-order chi connectivity index (χ0) is 10.9. The first-order valence-electron chi connectivity index (χ1n) is 6.64. The van der Waals surface area contributed by atoms with Gasteiger partial charge in [-0.05, 0) is 19.3 Å². The summed E-state index contributed by atoms with van der Waals surface area (Å²) in [5.74, 6) is 0. The molecule has 0 spiro atoms. The molecule has 1 aliphatic rings. The molecule has 2 nitrogen and oxygen atoms in total. The van der Waals surface area contributed by atoms with Crippen molar-refractivity contribution in [1.29, 1.82) is 0 Å². The molecule has 0 saturated heterocycles. The van der Waals surface area contributed by atoms with Crippen LogP contribution in [0.15, 0.2) is 0 Å². The maximum Gasteiger partial charge on any atom is 0.0833 e. The van der Waals surface area contributed by atoms with Gasteiger partial charge < -0.3 is 9.84 Å². The van der Waals surface area contributed by atoms with Crippen LogP contribution in [0.2, 0.25) is 0 Å². The molecule has 2 unspecified atom stereocenters. The smallest absolute Gasteiger partial charge is 0.0833 e. The molecular formula is C13H26O2. The molecule has 90 valence electrons. The maximum atomic E-state index is 9.83. The van der Waals surface area contributed by atoms with E-state index in [9.17, 15) is 5.11 Å². The quantitative estimate of drug-likeness (QED) is 0.543. The Morgan fingerprint density at radius 3 is 2.67 bits per heavy atom. The van der Waals surface area contributed by atoms with E-state index in [1.807, 2.05) is 0 Å². The Morgan fingerprint density at radius 2 is 1.87 bits per heavy atom. The first-order valence-corrected chi connectivity index (χ1v) is 6.64. The van der Waals surface area contributed by atoms with Gasteiger partial charge >= 0.3 is 0 Å². The molecular weight excluding hydrogens is 188 g/mol. The fourth-order valence-corrected chi connectivity index (χ4v) is 2.21. The van der Waals surface area contributed by atoms with Crippen molar-refractivity contribution in [3.8, 4) is 0 Å². The fourth-order valence-electron chi connectivity index (χ4n) is 2.21. The Kier molecular flexibility index (Phi) is 7.03. The van der Waals surface area contributed by atoms with Gasteiger partial charge in [0.15, 0.2) is 0 Å². The van der Waals surface area contributed by atoms with E-state index in [1.165, 1.54) is 32.1 Å². The number of rotatable bonds is 6. The minimum absolute atomic E-state index is 0.120. The van der Waals surface area contributed by atoms with Crippen molar-refractivity contribution in [1.82, 2.24) is 0 Å². The number of aliphatic hydroxyl groups is 1. The van der Waals surface area contributed by atoms with E-state index in [-0.39, 0.29) is 12.2 Å². The van der Waals surface area contributed by atoms with E-state index in [1.54, 1.807) is 0 Å². The highest BCUT2D eigenvalue weighted by Crippen LogP contribution is 2.20. The summed E-state index contributed by atoms with van der Waals surface area (Å²) in [6.45, 7) is 3.05. The van der Waals surface area contributed by atoms with E-state index in [4.69, 9.17) is 4.74 Å². The largest absolute Gasteiger partial charge is 0.390 e. The molecule has 0 heterocycles. The lowest BCUT2D eigenvalue weighted by atomic mass is 10.1. The SMILES string of the molecule is CCCCCCOC1CCCCCC1O. The highest BCUT2D eigenvalue weighted by atomic mass is 16.5. The van der Waals surface area contributed by atoms with Gasteiger partial charge in [-0.15, -0.1) is 0 Å². The van der Waals surface area contributed by atoms with Crippen LogP contribution in [0.5, 0.6) is 0 Å². The van der Waals surface area contributed by atoms with Gasteiger partial charge in [-0.3, -0.25) is 0 Å². The van der Waals surface area contributed by atoms with Crippen LogP contribution in [0.1, 0.15) is 64.7 Å². The fraction of sp³-hybridized carbons (Fsp3) is 1.00. The molecule has 1 fully saturated rings. The standard InChI is InChI=1S/C13H26O2/c1-2-3-4-8-11-15-13-10-7-5-6-9-12(13)14/h12-14H,2-11H2,1H3. The van der Waals surface area contributed by atoms with Gasteiger partial charge in [-0.2, -0.15) is 0 Å². The second kappa shape index (κ2) is 8.12. The highest BCUT2D eigenvalue weighted by molar-refractivity contribution is 4.73. The van der Waals surface area contributed by atoms with E-state index in [0.717, 1.165) is 32.3 Å². The van der Waals surface area contributed by atoms with Crippen molar-refractivity contribution in [3.63, 3.8) is 0 Å². The zero-order valence-electron chi connectivity index (χ0n) is 10.1. The molecule has 2 heteroatoms. The number of hydrogen-bond donors (Lipinski definition) is 1. The lowest BCUT2D eigenvalue weighted by Gasteiger charge is -2.20. The number of unbranched alkanes of at least 4 members (excludes halogenated alkanes) is 3. The lowest BCUT2D eigenvalue weighted by Crippen LogP contribution is -2.28. The van der Waals surface area contributed by atoms with Crippen LogP contribution in [0, 0.1) is 0 Å². The normalized spacial score (nSPS) is 27.6. The third-order valence-electron chi connectivity index (χ3n) is 3.25. The first kappa shape index (κ1) is 13.0. The molecule has 1 saturated carbocycles. The summed E-state index contributed by atoms with van der Waals surface area (Å²) in [5.41, 5.74) is 0. The summed E-state index contributed by atoms with van der Waals surface area (Å²) in [6.07, 6.45) is 10.5. The first-order chi connectivity index (χ1) is 7.34. The minimum atomic E-state index is -0.210. The van der Waals surface area contributed by atoms with Crippen LogP contribution < -0.4 is 0 Å². The molecule has 1 rings (SSSR count). The number of aliphatic hydroxyl groups excluding tert-OH is 1. The lowest BCUT2D eigenvalue weighted by molar-refractivity contribution is -0.0412. The third kappa shape index (κ3) is 5.53. The molecule has 0 aliphatic heterocycles. The zero-order valence-corrected chi connectivity index (χ0v) is 10.1. The predicted molar refractivity (Wildman–Crippen MR) is 63.0 cm³/mol. The monoisotopic (exact) mass is 214 g/mol. The molecule has 1 N–H and O–H groups in total. The van der Waals surface area contributed by atoms with Crippen LogP contribution in [0.25, 0.3) is 0 Å². The molecule has 0 aromatic rings. The molecule has 2 atom stereocenters. The van der Waals surface area contributed by atoms with Crippen molar-refractivity contribution < 1.29 is 9.84 Å². The molecule has 1 aliphatic carbocycles. The van der Waals surface area contributed by atoms with E-state index in [2.05, 4.69) is 6.92 Å². The average molecular weight is 214 g/mol. The molecule has 0 amide bonds. The summed E-state index contributed by atoms with van der Waals surface area (Å²) in [6, 6.07) is 0. The number of hydrogen-bond acceptors (Lipinski definition) is 2. The Hall–Kier alpha value is -0.0800. The molecule has 0 aromatic carbocycles. The second-order valence-corrected chi connectivity index (χ2v) is 4.68. The highest BCUT2D eigenvalue weighted by Gasteiger charge is 2.21. The van der Waals surface area contributed by atoms with Gasteiger partial charge in [-0.1, -0.05) is 45.4 Å². The van der Waals surface area contributed by atoms with Crippen molar-refractivity contribution in [2.45, 2.75) is 76.9 Å². The summed E-state index contributed by atoms with van der Waals surface area (Å²) >= 11 is 0. The Labute approximate surface area is 94.0 Å². The van der Waals surface area contributed by atoms with Crippen LogP contribution in [-0.2, 0) is 4.74 Å². The Bertz CT molecular complexity index is 147. The summed E-state index contributed by atoms with van der Waals surface area (Å²) in [7, 11) is 0.